The highest BCUT2D eigenvalue weighted by Crippen LogP contribution is 2.14. The standard InChI is InChI=1S/C11H11FN2/c1-8-3-4-11(10(12)5-8)14-6-9(2)13-7-14/h3-7H,1-2H3. The van der Waals surface area contributed by atoms with Crippen LogP contribution in [0.25, 0.3) is 5.69 Å². The Balaban J connectivity index is 2.52. The summed E-state index contributed by atoms with van der Waals surface area (Å²) in [5, 5.41) is 0. The topological polar surface area (TPSA) is 17.8 Å². The summed E-state index contributed by atoms with van der Waals surface area (Å²) in [7, 11) is 0. The fraction of sp³-hybridized carbons (Fsp3) is 0.182. The number of nitrogens with zero attached hydrogens (tertiary/aromatic N) is 2. The summed E-state index contributed by atoms with van der Waals surface area (Å²) < 4.78 is 15.2. The molecule has 0 aliphatic heterocycles. The average Bonchev–Trinajstić information content (AvgIpc) is 2.51. The Labute approximate surface area is 82.0 Å². The molecule has 72 valence electrons. The van der Waals surface area contributed by atoms with Crippen LogP contribution in [0.4, 0.5) is 4.39 Å². The van der Waals surface area contributed by atoms with Crippen LogP contribution in [-0.2, 0) is 0 Å². The fourth-order valence-corrected chi connectivity index (χ4v) is 1.37. The van der Waals surface area contributed by atoms with Crippen molar-refractivity contribution in [3.8, 4) is 5.69 Å². The molecule has 0 spiro atoms. The van der Waals surface area contributed by atoms with Crippen LogP contribution in [0.2, 0.25) is 0 Å². The SMILES string of the molecule is Cc1ccc(-n2cnc(C)c2)c(F)c1. The van der Waals surface area contributed by atoms with Crippen LogP contribution >= 0.6 is 0 Å². The fourth-order valence-electron chi connectivity index (χ4n) is 1.37. The Hall–Kier alpha value is -1.64. The molecule has 0 radical (unpaired) electrons. The predicted molar refractivity (Wildman–Crippen MR) is 53.0 cm³/mol. The van der Waals surface area contributed by atoms with Gasteiger partial charge >= 0.3 is 0 Å². The minimum absolute atomic E-state index is 0.220. The molecule has 1 heterocycles. The summed E-state index contributed by atoms with van der Waals surface area (Å²) in [6.07, 6.45) is 3.41. The number of hydrogen-bond acceptors (Lipinski definition) is 1. The van der Waals surface area contributed by atoms with Crippen molar-refractivity contribution in [2.45, 2.75) is 13.8 Å². The summed E-state index contributed by atoms with van der Waals surface area (Å²) >= 11 is 0. The molecular formula is C11H11FN2. The molecule has 0 atom stereocenters. The molecule has 0 aliphatic carbocycles. The molecule has 14 heavy (non-hydrogen) atoms. The number of halogens is 1. The third kappa shape index (κ3) is 1.53. The van der Waals surface area contributed by atoms with Crippen molar-refractivity contribution in [3.05, 3.63) is 47.8 Å². The maximum Gasteiger partial charge on any atom is 0.147 e. The van der Waals surface area contributed by atoms with Gasteiger partial charge in [-0.1, -0.05) is 6.07 Å². The van der Waals surface area contributed by atoms with E-state index in [0.29, 0.717) is 5.69 Å². The third-order valence-electron chi connectivity index (χ3n) is 2.09. The molecule has 0 saturated heterocycles. The Morgan fingerprint density at radius 3 is 2.64 bits per heavy atom. The van der Waals surface area contributed by atoms with Crippen molar-refractivity contribution in [1.82, 2.24) is 9.55 Å². The van der Waals surface area contributed by atoms with Crippen LogP contribution in [0, 0.1) is 19.7 Å². The zero-order chi connectivity index (χ0) is 10.1. The lowest BCUT2D eigenvalue weighted by Crippen LogP contribution is -1.94. The number of aryl methyl sites for hydroxylation is 2. The zero-order valence-corrected chi connectivity index (χ0v) is 8.16. The van der Waals surface area contributed by atoms with E-state index in [-0.39, 0.29) is 5.82 Å². The van der Waals surface area contributed by atoms with Gasteiger partial charge in [-0.05, 0) is 31.5 Å². The summed E-state index contributed by atoms with van der Waals surface area (Å²) in [6, 6.07) is 5.16. The molecule has 0 bridgehead atoms. The van der Waals surface area contributed by atoms with Crippen molar-refractivity contribution >= 4 is 0 Å². The first kappa shape index (κ1) is 8.94. The van der Waals surface area contributed by atoms with E-state index >= 15 is 0 Å². The molecule has 0 unspecified atom stereocenters. The molecule has 2 nitrogen and oxygen atoms in total. The van der Waals surface area contributed by atoms with Crippen molar-refractivity contribution in [1.29, 1.82) is 0 Å². The van der Waals surface area contributed by atoms with Gasteiger partial charge in [0.05, 0.1) is 17.7 Å². The first-order valence-electron chi connectivity index (χ1n) is 4.44. The second-order valence-electron chi connectivity index (χ2n) is 3.38. The van der Waals surface area contributed by atoms with Gasteiger partial charge in [0.2, 0.25) is 0 Å². The van der Waals surface area contributed by atoms with Gasteiger partial charge in [0.1, 0.15) is 5.82 Å². The van der Waals surface area contributed by atoms with Crippen molar-refractivity contribution < 1.29 is 4.39 Å². The van der Waals surface area contributed by atoms with Gasteiger partial charge in [-0.2, -0.15) is 0 Å². The highest BCUT2D eigenvalue weighted by Gasteiger charge is 2.04. The van der Waals surface area contributed by atoms with Crippen LogP contribution in [0.15, 0.2) is 30.7 Å². The number of benzene rings is 1. The highest BCUT2D eigenvalue weighted by molar-refractivity contribution is 5.36. The van der Waals surface area contributed by atoms with Crippen molar-refractivity contribution in [2.75, 3.05) is 0 Å². The van der Waals surface area contributed by atoms with Gasteiger partial charge in [0.15, 0.2) is 0 Å². The summed E-state index contributed by atoms with van der Waals surface area (Å²) in [4.78, 5) is 4.05. The predicted octanol–water partition coefficient (Wildman–Crippen LogP) is 2.63. The lowest BCUT2D eigenvalue weighted by molar-refractivity contribution is 0.617. The van der Waals surface area contributed by atoms with E-state index in [9.17, 15) is 4.39 Å². The van der Waals surface area contributed by atoms with Gasteiger partial charge in [-0.3, -0.25) is 0 Å². The molecule has 3 heteroatoms. The largest absolute Gasteiger partial charge is 0.303 e. The minimum Gasteiger partial charge on any atom is -0.303 e. The first-order valence-corrected chi connectivity index (χ1v) is 4.44. The maximum atomic E-state index is 13.5. The molecule has 2 rings (SSSR count). The second-order valence-corrected chi connectivity index (χ2v) is 3.38. The Morgan fingerprint density at radius 2 is 2.07 bits per heavy atom. The molecule has 2 aromatic rings. The van der Waals surface area contributed by atoms with Crippen LogP contribution in [0.5, 0.6) is 0 Å². The van der Waals surface area contributed by atoms with E-state index in [4.69, 9.17) is 0 Å². The van der Waals surface area contributed by atoms with Gasteiger partial charge < -0.3 is 4.57 Å². The van der Waals surface area contributed by atoms with E-state index < -0.39 is 0 Å². The van der Waals surface area contributed by atoms with Gasteiger partial charge in [-0.25, -0.2) is 9.37 Å². The molecule has 1 aromatic carbocycles. The van der Waals surface area contributed by atoms with Crippen molar-refractivity contribution in [2.24, 2.45) is 0 Å². The molecule has 0 aliphatic rings. The lowest BCUT2D eigenvalue weighted by atomic mass is 10.2. The number of rotatable bonds is 1. The molecule has 0 fully saturated rings. The zero-order valence-electron chi connectivity index (χ0n) is 8.16. The van der Waals surface area contributed by atoms with E-state index in [1.54, 1.807) is 23.2 Å². The number of hydrogen-bond donors (Lipinski definition) is 0. The van der Waals surface area contributed by atoms with Gasteiger partial charge in [0.25, 0.3) is 0 Å². The third-order valence-corrected chi connectivity index (χ3v) is 2.09. The second kappa shape index (κ2) is 3.25. The molecular weight excluding hydrogens is 179 g/mol. The molecule has 1 aromatic heterocycles. The minimum atomic E-state index is -0.220. The molecule has 0 saturated carbocycles. The smallest absolute Gasteiger partial charge is 0.147 e. The monoisotopic (exact) mass is 190 g/mol. The normalized spacial score (nSPS) is 10.5. The van der Waals surface area contributed by atoms with Crippen LogP contribution in [-0.4, -0.2) is 9.55 Å². The molecule has 0 N–H and O–H groups in total. The Kier molecular flexibility index (Phi) is 2.08. The summed E-state index contributed by atoms with van der Waals surface area (Å²) in [5.74, 6) is -0.220. The number of aromatic nitrogens is 2. The average molecular weight is 190 g/mol. The van der Waals surface area contributed by atoms with Crippen molar-refractivity contribution in [3.63, 3.8) is 0 Å². The van der Waals surface area contributed by atoms with E-state index in [0.717, 1.165) is 11.3 Å². The van der Waals surface area contributed by atoms with E-state index in [1.807, 2.05) is 19.9 Å². The maximum absolute atomic E-state index is 13.5. The Morgan fingerprint density at radius 1 is 1.29 bits per heavy atom. The van der Waals surface area contributed by atoms with Crippen LogP contribution < -0.4 is 0 Å². The summed E-state index contributed by atoms with van der Waals surface area (Å²) in [5.41, 5.74) is 2.34. The lowest BCUT2D eigenvalue weighted by Gasteiger charge is -2.03. The van der Waals surface area contributed by atoms with E-state index in [2.05, 4.69) is 4.98 Å². The molecule has 0 amide bonds. The summed E-state index contributed by atoms with van der Waals surface area (Å²) in [6.45, 7) is 3.74. The number of imidazole rings is 1. The Bertz CT molecular complexity index is 460. The van der Waals surface area contributed by atoms with Gasteiger partial charge in [-0.15, -0.1) is 0 Å². The van der Waals surface area contributed by atoms with Crippen LogP contribution in [0.1, 0.15) is 11.3 Å². The first-order chi connectivity index (χ1) is 6.66. The van der Waals surface area contributed by atoms with E-state index in [1.165, 1.54) is 6.07 Å². The van der Waals surface area contributed by atoms with Crippen LogP contribution in [0.3, 0.4) is 0 Å². The quantitative estimate of drug-likeness (QED) is 0.676. The highest BCUT2D eigenvalue weighted by atomic mass is 19.1. The van der Waals surface area contributed by atoms with Gasteiger partial charge in [0, 0.05) is 6.20 Å².